The predicted octanol–water partition coefficient (Wildman–Crippen LogP) is 2.17. The van der Waals surface area contributed by atoms with Crippen LogP contribution in [0.3, 0.4) is 0 Å². The quantitative estimate of drug-likeness (QED) is 0.842. The smallest absolute Gasteiger partial charge is 0.441 e. The van der Waals surface area contributed by atoms with Crippen molar-refractivity contribution in [3.63, 3.8) is 0 Å². The zero-order valence-corrected chi connectivity index (χ0v) is 9.30. The lowest BCUT2D eigenvalue weighted by molar-refractivity contribution is -0.0328. The molecule has 1 rings (SSSR count). The Bertz CT molecular complexity index is 433. The number of aromatic carboxylic acids is 1. The summed E-state index contributed by atoms with van der Waals surface area (Å²) in [6.07, 6.45) is -3.18. The van der Waals surface area contributed by atoms with Gasteiger partial charge in [0.1, 0.15) is 5.69 Å². The molecule has 0 spiro atoms. The van der Waals surface area contributed by atoms with Gasteiger partial charge in [-0.15, -0.1) is 5.10 Å². The maximum absolute atomic E-state index is 12.5. The number of aromatic nitrogens is 3. The number of nitrogens with zero attached hydrogens (tertiary/aromatic N) is 3. The van der Waals surface area contributed by atoms with E-state index in [-0.39, 0.29) is 0 Å². The normalized spacial score (nSPS) is 12.1. The van der Waals surface area contributed by atoms with Crippen molar-refractivity contribution in [1.82, 2.24) is 15.0 Å². The van der Waals surface area contributed by atoms with Crippen molar-refractivity contribution in [3.8, 4) is 0 Å². The zero-order chi connectivity index (χ0) is 13.9. The Morgan fingerprint density at radius 1 is 1.44 bits per heavy atom. The van der Waals surface area contributed by atoms with E-state index in [1.165, 1.54) is 0 Å². The first-order valence-electron chi connectivity index (χ1n) is 4.38. The molecule has 0 aromatic carbocycles. The fourth-order valence-corrected chi connectivity index (χ4v) is 1.60. The predicted molar refractivity (Wildman–Crippen MR) is 50.5 cm³/mol. The number of hydrogen-bond acceptors (Lipinski definition) is 4. The summed E-state index contributed by atoms with van der Waals surface area (Å²) >= 11 is -0.414. The molecule has 1 aromatic rings. The lowest BCUT2D eigenvalue weighted by Crippen LogP contribution is -2.12. The Kier molecular flexibility index (Phi) is 4.48. The first-order valence-corrected chi connectivity index (χ1v) is 5.36. The number of carboxylic acids is 1. The van der Waals surface area contributed by atoms with Gasteiger partial charge >= 0.3 is 11.5 Å². The Morgan fingerprint density at radius 2 is 2.06 bits per heavy atom. The van der Waals surface area contributed by atoms with Crippen LogP contribution in [0, 0.1) is 0 Å². The second-order valence-electron chi connectivity index (χ2n) is 2.95. The van der Waals surface area contributed by atoms with Crippen LogP contribution in [0.2, 0.25) is 0 Å². The van der Waals surface area contributed by atoms with E-state index in [1.807, 2.05) is 0 Å². The highest BCUT2D eigenvalue weighted by Gasteiger charge is 2.29. The number of rotatable bonds is 5. The van der Waals surface area contributed by atoms with Crippen LogP contribution in [0.4, 0.5) is 22.0 Å². The third kappa shape index (κ3) is 3.82. The number of halogens is 5. The molecule has 0 atom stereocenters. The molecule has 0 unspecified atom stereocenters. The standard InChI is InChI=1S/C7H6F5N3O2S/c8-5(9)4-3(6(16)17)13-14-15(4)1-2-18-7(10,11)12/h5H,1-2H2,(H,16,17). The van der Waals surface area contributed by atoms with Gasteiger partial charge in [0.25, 0.3) is 6.43 Å². The largest absolute Gasteiger partial charge is 0.476 e. The summed E-state index contributed by atoms with van der Waals surface area (Å²) in [7, 11) is 0. The number of carbonyl (C=O) groups is 1. The molecule has 5 nitrogen and oxygen atoms in total. The zero-order valence-electron chi connectivity index (χ0n) is 8.49. The molecule has 11 heteroatoms. The summed E-state index contributed by atoms with van der Waals surface area (Å²) in [5, 5.41) is 14.6. The highest BCUT2D eigenvalue weighted by atomic mass is 32.2. The van der Waals surface area contributed by atoms with Gasteiger partial charge in [0.15, 0.2) is 5.69 Å². The summed E-state index contributed by atoms with van der Waals surface area (Å²) in [6, 6.07) is 0. The van der Waals surface area contributed by atoms with Gasteiger partial charge < -0.3 is 5.11 Å². The first kappa shape index (κ1) is 14.7. The van der Waals surface area contributed by atoms with Crippen LogP contribution < -0.4 is 0 Å². The Balaban J connectivity index is 2.80. The fourth-order valence-electron chi connectivity index (χ4n) is 1.10. The number of alkyl halides is 5. The Morgan fingerprint density at radius 3 is 2.50 bits per heavy atom. The summed E-state index contributed by atoms with van der Waals surface area (Å²) in [6.45, 7) is -0.510. The van der Waals surface area contributed by atoms with Crippen LogP contribution >= 0.6 is 11.8 Å². The molecule has 18 heavy (non-hydrogen) atoms. The van der Waals surface area contributed by atoms with Crippen molar-refractivity contribution in [2.45, 2.75) is 18.5 Å². The molecule has 1 N–H and O–H groups in total. The van der Waals surface area contributed by atoms with E-state index in [1.54, 1.807) is 0 Å². The van der Waals surface area contributed by atoms with E-state index >= 15 is 0 Å². The number of thioether (sulfide) groups is 1. The summed E-state index contributed by atoms with van der Waals surface area (Å²) in [5.41, 5.74) is -6.44. The molecule has 0 saturated heterocycles. The maximum Gasteiger partial charge on any atom is 0.441 e. The molecule has 0 saturated carbocycles. The monoisotopic (exact) mass is 291 g/mol. The number of hydrogen-bond donors (Lipinski definition) is 1. The van der Waals surface area contributed by atoms with Crippen LogP contribution in [0.5, 0.6) is 0 Å². The second kappa shape index (κ2) is 5.50. The van der Waals surface area contributed by atoms with Crippen molar-refractivity contribution in [1.29, 1.82) is 0 Å². The van der Waals surface area contributed by atoms with E-state index in [9.17, 15) is 26.7 Å². The van der Waals surface area contributed by atoms with Gasteiger partial charge in [-0.25, -0.2) is 18.3 Å². The van der Waals surface area contributed by atoms with Crippen LogP contribution in [0.25, 0.3) is 0 Å². The topological polar surface area (TPSA) is 68.0 Å². The minimum absolute atomic E-state index is 0.414. The van der Waals surface area contributed by atoms with Gasteiger partial charge in [0.05, 0.1) is 6.54 Å². The van der Waals surface area contributed by atoms with Crippen LogP contribution in [-0.4, -0.2) is 37.3 Å². The fraction of sp³-hybridized carbons (Fsp3) is 0.571. The van der Waals surface area contributed by atoms with Gasteiger partial charge in [0.2, 0.25) is 0 Å². The van der Waals surface area contributed by atoms with Crippen molar-refractivity contribution in [2.24, 2.45) is 0 Å². The van der Waals surface area contributed by atoms with Crippen LogP contribution in [-0.2, 0) is 6.54 Å². The first-order chi connectivity index (χ1) is 8.22. The minimum Gasteiger partial charge on any atom is -0.476 e. The van der Waals surface area contributed by atoms with Crippen LogP contribution in [0.15, 0.2) is 0 Å². The van der Waals surface area contributed by atoms with Crippen molar-refractivity contribution >= 4 is 17.7 Å². The molecule has 1 heterocycles. The SMILES string of the molecule is O=C(O)c1nnn(CCSC(F)(F)F)c1C(F)F. The molecule has 0 fully saturated rings. The molecule has 0 aliphatic carbocycles. The van der Waals surface area contributed by atoms with Gasteiger partial charge in [0, 0.05) is 5.75 Å². The molecule has 0 bridgehead atoms. The molecule has 102 valence electrons. The molecule has 0 aliphatic heterocycles. The van der Waals surface area contributed by atoms with Gasteiger partial charge in [-0.1, -0.05) is 5.21 Å². The van der Waals surface area contributed by atoms with E-state index < -0.39 is 53.4 Å². The van der Waals surface area contributed by atoms with E-state index in [0.717, 1.165) is 0 Å². The van der Waals surface area contributed by atoms with Gasteiger partial charge in [-0.05, 0) is 11.8 Å². The van der Waals surface area contributed by atoms with E-state index in [0.29, 0.717) is 4.68 Å². The molecule has 0 radical (unpaired) electrons. The number of carboxylic acid groups (broad SMARTS) is 1. The second-order valence-corrected chi connectivity index (χ2v) is 4.11. The molecular weight excluding hydrogens is 285 g/mol. The maximum atomic E-state index is 12.5. The average molecular weight is 291 g/mol. The van der Waals surface area contributed by atoms with Gasteiger partial charge in [-0.2, -0.15) is 13.2 Å². The van der Waals surface area contributed by atoms with Crippen molar-refractivity contribution in [2.75, 3.05) is 5.75 Å². The highest BCUT2D eigenvalue weighted by Crippen LogP contribution is 2.30. The lowest BCUT2D eigenvalue weighted by atomic mass is 10.3. The summed E-state index contributed by atoms with van der Waals surface area (Å²) in [5.74, 6) is -2.27. The average Bonchev–Trinajstić information content (AvgIpc) is 2.59. The van der Waals surface area contributed by atoms with Crippen LogP contribution in [0.1, 0.15) is 22.6 Å². The number of aryl methyl sites for hydroxylation is 1. The molecule has 0 aliphatic rings. The highest BCUT2D eigenvalue weighted by molar-refractivity contribution is 8.00. The van der Waals surface area contributed by atoms with Gasteiger partial charge in [-0.3, -0.25) is 0 Å². The molecular formula is C7H6F5N3O2S. The summed E-state index contributed by atoms with van der Waals surface area (Å²) in [4.78, 5) is 10.5. The van der Waals surface area contributed by atoms with Crippen molar-refractivity contribution in [3.05, 3.63) is 11.4 Å². The van der Waals surface area contributed by atoms with E-state index in [2.05, 4.69) is 10.3 Å². The molecule has 1 aromatic heterocycles. The Labute approximate surface area is 101 Å². The third-order valence-electron chi connectivity index (χ3n) is 1.75. The summed E-state index contributed by atoms with van der Waals surface area (Å²) < 4.78 is 61.0. The Hall–Kier alpha value is -1.39. The van der Waals surface area contributed by atoms with Crippen molar-refractivity contribution < 1.29 is 31.9 Å². The lowest BCUT2D eigenvalue weighted by Gasteiger charge is -2.07. The third-order valence-corrected chi connectivity index (χ3v) is 2.47. The van der Waals surface area contributed by atoms with E-state index in [4.69, 9.17) is 5.11 Å². The molecule has 0 amide bonds. The minimum atomic E-state index is -4.48.